The number of tetrazole rings is 1. The van der Waals surface area contributed by atoms with Crippen LogP contribution in [0.1, 0.15) is 41.6 Å². The molecule has 0 unspecified atom stereocenters. The van der Waals surface area contributed by atoms with Gasteiger partial charge in [-0.3, -0.25) is 19.3 Å². The molecule has 4 aromatic rings. The van der Waals surface area contributed by atoms with Crippen LogP contribution in [0.25, 0.3) is 22.5 Å². The molecule has 1 aliphatic heterocycles. The number of ether oxygens (including phenoxy) is 1. The zero-order valence-corrected chi connectivity index (χ0v) is 29.4. The fourth-order valence-electron chi connectivity index (χ4n) is 6.74. The van der Waals surface area contributed by atoms with Crippen LogP contribution >= 0.6 is 0 Å². The Morgan fingerprint density at radius 2 is 1.62 bits per heavy atom. The SMILES string of the molecule is O=C(O)NCC1CCC(C(=O)N[C@@H](Cc2ccc(-c3cccc(C(=O)NCCN4CCOCC4)c3)cc2)C(=O)Nc2ccc(-c3nn[nH]n3)cc2)CC1. The monoisotopic (exact) mass is 723 g/mol. The van der Waals surface area contributed by atoms with E-state index in [0.717, 1.165) is 54.7 Å². The quantitative estimate of drug-likeness (QED) is 0.112. The first kappa shape index (κ1) is 37.1. The lowest BCUT2D eigenvalue weighted by atomic mass is 9.81. The van der Waals surface area contributed by atoms with Crippen molar-refractivity contribution in [2.45, 2.75) is 38.1 Å². The maximum Gasteiger partial charge on any atom is 0.404 e. The zero-order valence-electron chi connectivity index (χ0n) is 29.4. The number of aromatic nitrogens is 4. The first-order valence-electron chi connectivity index (χ1n) is 18.0. The largest absolute Gasteiger partial charge is 0.465 e. The molecule has 2 heterocycles. The van der Waals surface area contributed by atoms with Crippen molar-refractivity contribution in [3.63, 3.8) is 0 Å². The Morgan fingerprint density at radius 3 is 2.32 bits per heavy atom. The minimum atomic E-state index is -1.05. The fourth-order valence-corrected chi connectivity index (χ4v) is 6.74. The van der Waals surface area contributed by atoms with Crippen LogP contribution in [-0.2, 0) is 20.7 Å². The van der Waals surface area contributed by atoms with Crippen LogP contribution < -0.4 is 21.3 Å². The molecule has 278 valence electrons. The summed E-state index contributed by atoms with van der Waals surface area (Å²) < 4.78 is 5.39. The molecular weight excluding hydrogens is 678 g/mol. The van der Waals surface area contributed by atoms with Crippen molar-refractivity contribution in [1.29, 1.82) is 0 Å². The summed E-state index contributed by atoms with van der Waals surface area (Å²) in [6.07, 6.45) is 1.87. The predicted molar refractivity (Wildman–Crippen MR) is 197 cm³/mol. The zero-order chi connectivity index (χ0) is 37.0. The number of H-pyrrole nitrogens is 1. The van der Waals surface area contributed by atoms with Crippen LogP contribution in [0, 0.1) is 11.8 Å². The van der Waals surface area contributed by atoms with E-state index in [1.807, 2.05) is 42.5 Å². The second-order valence-electron chi connectivity index (χ2n) is 13.5. The third-order valence-electron chi connectivity index (χ3n) is 9.82. The van der Waals surface area contributed by atoms with Gasteiger partial charge in [-0.05, 0) is 89.9 Å². The van der Waals surface area contributed by atoms with Crippen molar-refractivity contribution in [2.75, 3.05) is 51.3 Å². The smallest absolute Gasteiger partial charge is 0.404 e. The number of benzene rings is 3. The van der Waals surface area contributed by atoms with Gasteiger partial charge in [-0.15, -0.1) is 10.2 Å². The molecule has 1 aliphatic carbocycles. The van der Waals surface area contributed by atoms with Gasteiger partial charge in [0.1, 0.15) is 6.04 Å². The number of rotatable bonds is 14. The Balaban J connectivity index is 1.10. The van der Waals surface area contributed by atoms with E-state index in [4.69, 9.17) is 9.84 Å². The van der Waals surface area contributed by atoms with Crippen molar-refractivity contribution in [1.82, 2.24) is 41.5 Å². The van der Waals surface area contributed by atoms with Gasteiger partial charge in [0.05, 0.1) is 13.2 Å². The molecule has 4 amide bonds. The predicted octanol–water partition coefficient (Wildman–Crippen LogP) is 3.34. The summed E-state index contributed by atoms with van der Waals surface area (Å²) in [6.45, 7) is 4.86. The van der Waals surface area contributed by atoms with Gasteiger partial charge in [0.2, 0.25) is 17.6 Å². The highest BCUT2D eigenvalue weighted by Gasteiger charge is 2.30. The van der Waals surface area contributed by atoms with Crippen LogP contribution in [0.4, 0.5) is 10.5 Å². The molecule has 15 nitrogen and oxygen atoms in total. The molecule has 6 N–H and O–H groups in total. The molecule has 3 aromatic carbocycles. The van der Waals surface area contributed by atoms with Gasteiger partial charge >= 0.3 is 6.09 Å². The first-order chi connectivity index (χ1) is 25.8. The number of aromatic amines is 1. The number of hydrogen-bond acceptors (Lipinski definition) is 9. The van der Waals surface area contributed by atoms with Gasteiger partial charge in [-0.25, -0.2) is 4.79 Å². The van der Waals surface area contributed by atoms with Gasteiger partial charge in [0, 0.05) is 61.9 Å². The normalized spacial score (nSPS) is 18.0. The number of carbonyl (C=O) groups excluding carboxylic acids is 3. The molecule has 53 heavy (non-hydrogen) atoms. The molecule has 0 bridgehead atoms. The van der Waals surface area contributed by atoms with E-state index in [1.165, 1.54) is 0 Å². The summed E-state index contributed by atoms with van der Waals surface area (Å²) in [7, 11) is 0. The molecule has 1 atom stereocenters. The Morgan fingerprint density at radius 1 is 0.887 bits per heavy atom. The number of morpholine rings is 1. The van der Waals surface area contributed by atoms with Gasteiger partial charge in [0.25, 0.3) is 5.91 Å². The second kappa shape index (κ2) is 18.2. The van der Waals surface area contributed by atoms with Crippen LogP contribution in [-0.4, -0.2) is 106 Å². The van der Waals surface area contributed by atoms with Crippen LogP contribution in [0.2, 0.25) is 0 Å². The Kier molecular flexibility index (Phi) is 12.7. The van der Waals surface area contributed by atoms with E-state index in [-0.39, 0.29) is 36.0 Å². The van der Waals surface area contributed by atoms with Crippen molar-refractivity contribution in [3.8, 4) is 22.5 Å². The second-order valence-corrected chi connectivity index (χ2v) is 13.5. The lowest BCUT2D eigenvalue weighted by Gasteiger charge is -2.29. The minimum Gasteiger partial charge on any atom is -0.465 e. The van der Waals surface area contributed by atoms with E-state index in [2.05, 4.69) is 46.8 Å². The molecule has 2 fully saturated rings. The first-order valence-corrected chi connectivity index (χ1v) is 18.0. The summed E-state index contributed by atoms with van der Waals surface area (Å²) in [5.74, 6) is -0.346. The van der Waals surface area contributed by atoms with Crippen LogP contribution in [0.5, 0.6) is 0 Å². The van der Waals surface area contributed by atoms with Crippen molar-refractivity contribution in [3.05, 3.63) is 83.9 Å². The van der Waals surface area contributed by atoms with Gasteiger partial charge < -0.3 is 31.1 Å². The standard InChI is InChI=1S/C38H45N9O6/c48-35(39-16-17-47-18-20-53-21-19-47)31-3-1-2-30(23-31)27-8-4-25(5-9-27)22-33(42-36(49)29-10-6-26(7-11-29)24-40-38(51)52)37(50)41-32-14-12-28(13-15-32)34-43-45-46-44-34/h1-5,8-9,12-15,23,26,29,33,40H,6-7,10-11,16-22,24H2,(H,39,48)(H,41,50)(H,42,49)(H,51,52)(H,43,44,45,46)/t26?,29?,33-/m0/s1. The molecule has 0 spiro atoms. The highest BCUT2D eigenvalue weighted by molar-refractivity contribution is 5.98. The topological polar surface area (TPSA) is 204 Å². The van der Waals surface area contributed by atoms with E-state index >= 15 is 0 Å². The molecule has 6 rings (SSSR count). The number of carbonyl (C=O) groups is 4. The number of anilines is 1. The third-order valence-corrected chi connectivity index (χ3v) is 9.82. The summed E-state index contributed by atoms with van der Waals surface area (Å²) >= 11 is 0. The van der Waals surface area contributed by atoms with Gasteiger partial charge in [0.15, 0.2) is 0 Å². The van der Waals surface area contributed by atoms with Gasteiger partial charge in [-0.2, -0.15) is 5.21 Å². The number of amides is 4. The number of hydrogen-bond donors (Lipinski definition) is 6. The maximum atomic E-state index is 13.7. The highest BCUT2D eigenvalue weighted by atomic mass is 16.5. The van der Waals surface area contributed by atoms with Crippen molar-refractivity contribution in [2.24, 2.45) is 11.8 Å². The van der Waals surface area contributed by atoms with Gasteiger partial charge in [-0.1, -0.05) is 36.4 Å². The lowest BCUT2D eigenvalue weighted by Crippen LogP contribution is -2.48. The number of nitrogens with zero attached hydrogens (tertiary/aromatic N) is 4. The van der Waals surface area contributed by atoms with E-state index in [1.54, 1.807) is 30.3 Å². The van der Waals surface area contributed by atoms with Crippen molar-refractivity contribution >= 4 is 29.5 Å². The molecule has 1 aromatic heterocycles. The number of nitrogens with one attached hydrogen (secondary N) is 5. The minimum absolute atomic E-state index is 0.129. The fraction of sp³-hybridized carbons (Fsp3) is 0.395. The lowest BCUT2D eigenvalue weighted by molar-refractivity contribution is -0.130. The molecule has 1 saturated carbocycles. The Hall–Kier alpha value is -5.67. The summed E-state index contributed by atoms with van der Waals surface area (Å²) in [4.78, 5) is 53.3. The maximum absolute atomic E-state index is 13.7. The number of carboxylic acid groups (broad SMARTS) is 1. The summed E-state index contributed by atoms with van der Waals surface area (Å²) in [5.41, 5.74) is 4.50. The van der Waals surface area contributed by atoms with E-state index in [9.17, 15) is 19.2 Å². The van der Waals surface area contributed by atoms with Crippen molar-refractivity contribution < 1.29 is 29.0 Å². The Labute approximate surface area is 307 Å². The molecule has 15 heteroatoms. The van der Waals surface area contributed by atoms with E-state index in [0.29, 0.717) is 56.2 Å². The average molecular weight is 724 g/mol. The average Bonchev–Trinajstić information content (AvgIpc) is 3.73. The molecular formula is C38H45N9O6. The third kappa shape index (κ3) is 10.7. The van der Waals surface area contributed by atoms with Crippen LogP contribution in [0.15, 0.2) is 72.8 Å². The van der Waals surface area contributed by atoms with E-state index < -0.39 is 12.1 Å². The summed E-state index contributed by atoms with van der Waals surface area (Å²) in [5, 5.41) is 34.3. The summed E-state index contributed by atoms with van der Waals surface area (Å²) in [6, 6.07) is 21.4. The highest BCUT2D eigenvalue weighted by Crippen LogP contribution is 2.29. The molecule has 2 aliphatic rings. The Bertz CT molecular complexity index is 1820. The molecule has 0 radical (unpaired) electrons. The molecule has 1 saturated heterocycles. The van der Waals surface area contributed by atoms with Crippen LogP contribution in [0.3, 0.4) is 0 Å².